The summed E-state index contributed by atoms with van der Waals surface area (Å²) in [5, 5.41) is 4.21. The van der Waals surface area contributed by atoms with Crippen molar-refractivity contribution in [2.75, 3.05) is 0 Å². The normalized spacial score (nSPS) is 14.9. The highest BCUT2D eigenvalue weighted by Gasteiger charge is 2.15. The monoisotopic (exact) mass is 387 g/mol. The minimum Gasteiger partial charge on any atom is -0.346 e. The number of halogens is 2. The summed E-state index contributed by atoms with van der Waals surface area (Å²) in [5.74, 6) is -0.124. The summed E-state index contributed by atoms with van der Waals surface area (Å²) in [6, 6.07) is 11.9. The fourth-order valence-electron chi connectivity index (χ4n) is 3.41. The van der Waals surface area contributed by atoms with E-state index in [1.54, 1.807) is 24.3 Å². The lowest BCUT2D eigenvalue weighted by Gasteiger charge is -2.21. The molecule has 136 valence electrons. The van der Waals surface area contributed by atoms with Gasteiger partial charge in [0.05, 0.1) is 6.04 Å². The number of benzene rings is 2. The van der Waals surface area contributed by atoms with E-state index in [9.17, 15) is 4.79 Å². The molecule has 0 fully saturated rings. The number of aryl methyl sites for hydroxylation is 2. The van der Waals surface area contributed by atoms with E-state index in [2.05, 4.69) is 30.4 Å². The molecule has 0 spiro atoms. The van der Waals surface area contributed by atoms with Gasteiger partial charge < -0.3 is 5.32 Å². The van der Waals surface area contributed by atoms with Gasteiger partial charge in [-0.1, -0.05) is 54.4 Å². The van der Waals surface area contributed by atoms with Crippen LogP contribution in [0.25, 0.3) is 6.08 Å². The largest absolute Gasteiger partial charge is 0.346 e. The molecule has 0 heterocycles. The molecule has 2 aromatic carbocycles. The fraction of sp³-hybridized carbons (Fsp3) is 0.318. The molecule has 3 rings (SSSR count). The van der Waals surface area contributed by atoms with Crippen LogP contribution in [0.5, 0.6) is 0 Å². The summed E-state index contributed by atoms with van der Waals surface area (Å²) in [6.07, 6.45) is 8.93. The van der Waals surface area contributed by atoms with Crippen LogP contribution in [-0.4, -0.2) is 5.91 Å². The van der Waals surface area contributed by atoms with Gasteiger partial charge in [0.15, 0.2) is 0 Å². The van der Waals surface area contributed by atoms with E-state index < -0.39 is 0 Å². The Morgan fingerprint density at radius 2 is 1.88 bits per heavy atom. The lowest BCUT2D eigenvalue weighted by atomic mass is 9.89. The SMILES string of the molecule is CC[C@@H](NC(=O)/C=C/c1ccc(Cl)cc1Cl)c1ccc2c(c1)CCCC2. The maximum absolute atomic E-state index is 12.4. The van der Waals surface area contributed by atoms with Crippen molar-refractivity contribution < 1.29 is 4.79 Å². The van der Waals surface area contributed by atoms with Crippen molar-refractivity contribution in [3.8, 4) is 0 Å². The molecular formula is C22H23Cl2NO. The van der Waals surface area contributed by atoms with Gasteiger partial charge in [-0.05, 0) is 72.6 Å². The van der Waals surface area contributed by atoms with E-state index in [1.165, 1.54) is 42.0 Å². The Morgan fingerprint density at radius 1 is 1.12 bits per heavy atom. The van der Waals surface area contributed by atoms with Crippen LogP contribution in [0.3, 0.4) is 0 Å². The number of fused-ring (bicyclic) bond motifs is 1. The average molecular weight is 388 g/mol. The number of carbonyl (C=O) groups is 1. The van der Waals surface area contributed by atoms with Gasteiger partial charge in [0.1, 0.15) is 0 Å². The molecule has 0 aliphatic heterocycles. The fourth-order valence-corrected chi connectivity index (χ4v) is 3.88. The first-order chi connectivity index (χ1) is 12.6. The van der Waals surface area contributed by atoms with E-state index >= 15 is 0 Å². The van der Waals surface area contributed by atoms with Gasteiger partial charge in [-0.15, -0.1) is 0 Å². The summed E-state index contributed by atoms with van der Waals surface area (Å²) in [6.45, 7) is 2.09. The number of amides is 1. The minimum absolute atomic E-state index is 0.0140. The molecule has 0 saturated carbocycles. The van der Waals surface area contributed by atoms with Gasteiger partial charge in [0, 0.05) is 16.1 Å². The molecule has 1 atom stereocenters. The van der Waals surface area contributed by atoms with Crippen LogP contribution in [-0.2, 0) is 17.6 Å². The van der Waals surface area contributed by atoms with Gasteiger partial charge in [-0.2, -0.15) is 0 Å². The van der Waals surface area contributed by atoms with Crippen LogP contribution in [0, 0.1) is 0 Å². The third-order valence-corrected chi connectivity index (χ3v) is 5.44. The molecule has 4 heteroatoms. The second kappa shape index (κ2) is 8.75. The molecule has 0 radical (unpaired) electrons. The van der Waals surface area contributed by atoms with Gasteiger partial charge in [-0.3, -0.25) is 4.79 Å². The van der Waals surface area contributed by atoms with E-state index in [0.29, 0.717) is 10.0 Å². The quantitative estimate of drug-likeness (QED) is 0.612. The Morgan fingerprint density at radius 3 is 2.62 bits per heavy atom. The Bertz CT molecular complexity index is 829. The number of carbonyl (C=O) groups excluding carboxylic acids is 1. The Hall–Kier alpha value is -1.77. The van der Waals surface area contributed by atoms with Crippen molar-refractivity contribution in [1.29, 1.82) is 0 Å². The van der Waals surface area contributed by atoms with Crippen LogP contribution >= 0.6 is 23.2 Å². The van der Waals surface area contributed by atoms with Crippen molar-refractivity contribution in [3.63, 3.8) is 0 Å². The number of rotatable bonds is 5. The molecule has 0 bridgehead atoms. The predicted molar refractivity (Wildman–Crippen MR) is 110 cm³/mol. The molecule has 0 aromatic heterocycles. The zero-order chi connectivity index (χ0) is 18.5. The lowest BCUT2D eigenvalue weighted by Crippen LogP contribution is -2.26. The van der Waals surface area contributed by atoms with E-state index in [0.717, 1.165) is 18.4 Å². The summed E-state index contributed by atoms with van der Waals surface area (Å²) >= 11 is 12.0. The first-order valence-electron chi connectivity index (χ1n) is 9.12. The van der Waals surface area contributed by atoms with Gasteiger partial charge in [0.25, 0.3) is 0 Å². The van der Waals surface area contributed by atoms with Crippen LogP contribution in [0.15, 0.2) is 42.5 Å². The lowest BCUT2D eigenvalue weighted by molar-refractivity contribution is -0.117. The third-order valence-electron chi connectivity index (χ3n) is 4.88. The molecule has 1 aliphatic carbocycles. The topological polar surface area (TPSA) is 29.1 Å². The molecular weight excluding hydrogens is 365 g/mol. The third kappa shape index (κ3) is 4.69. The summed E-state index contributed by atoms with van der Waals surface area (Å²) < 4.78 is 0. The molecule has 1 amide bonds. The van der Waals surface area contributed by atoms with Gasteiger partial charge in [0.2, 0.25) is 5.91 Å². The van der Waals surface area contributed by atoms with Crippen LogP contribution in [0.4, 0.5) is 0 Å². The summed E-state index contributed by atoms with van der Waals surface area (Å²) in [7, 11) is 0. The Labute approximate surface area is 165 Å². The predicted octanol–water partition coefficient (Wildman–Crippen LogP) is 6.15. The minimum atomic E-state index is -0.124. The van der Waals surface area contributed by atoms with E-state index in [1.807, 2.05) is 0 Å². The highest BCUT2D eigenvalue weighted by molar-refractivity contribution is 6.35. The second-order valence-electron chi connectivity index (χ2n) is 6.70. The van der Waals surface area contributed by atoms with Crippen molar-refractivity contribution in [2.45, 2.75) is 45.1 Å². The van der Waals surface area contributed by atoms with E-state index in [-0.39, 0.29) is 11.9 Å². The highest BCUT2D eigenvalue weighted by Crippen LogP contribution is 2.26. The Balaban J connectivity index is 1.69. The van der Waals surface area contributed by atoms with Crippen LogP contribution in [0.2, 0.25) is 10.0 Å². The zero-order valence-electron chi connectivity index (χ0n) is 14.9. The number of nitrogens with one attached hydrogen (secondary N) is 1. The van der Waals surface area contributed by atoms with Crippen molar-refractivity contribution in [2.24, 2.45) is 0 Å². The first-order valence-corrected chi connectivity index (χ1v) is 9.87. The van der Waals surface area contributed by atoms with Crippen LogP contribution in [0.1, 0.15) is 54.5 Å². The molecule has 2 aromatic rings. The Kier molecular flexibility index (Phi) is 6.39. The number of hydrogen-bond acceptors (Lipinski definition) is 1. The molecule has 0 saturated heterocycles. The smallest absolute Gasteiger partial charge is 0.244 e. The number of hydrogen-bond donors (Lipinski definition) is 1. The maximum atomic E-state index is 12.4. The summed E-state index contributed by atoms with van der Waals surface area (Å²) in [5.41, 5.74) is 4.84. The standard InChI is InChI=1S/C22H23Cl2NO/c1-2-21(18-8-7-15-5-3-4-6-17(15)13-18)25-22(26)12-10-16-9-11-19(23)14-20(16)24/h7-14,21H,2-6H2,1H3,(H,25,26)/b12-10+/t21-/m1/s1. The average Bonchev–Trinajstić information content (AvgIpc) is 2.65. The van der Waals surface area contributed by atoms with Crippen molar-refractivity contribution >= 4 is 35.2 Å². The molecule has 26 heavy (non-hydrogen) atoms. The second-order valence-corrected chi connectivity index (χ2v) is 7.55. The van der Waals surface area contributed by atoms with E-state index in [4.69, 9.17) is 23.2 Å². The van der Waals surface area contributed by atoms with Crippen molar-refractivity contribution in [1.82, 2.24) is 5.32 Å². The molecule has 2 nitrogen and oxygen atoms in total. The zero-order valence-corrected chi connectivity index (χ0v) is 16.4. The van der Waals surface area contributed by atoms with Crippen molar-refractivity contribution in [3.05, 3.63) is 74.8 Å². The molecule has 1 N–H and O–H groups in total. The van der Waals surface area contributed by atoms with Gasteiger partial charge >= 0.3 is 0 Å². The molecule has 1 aliphatic rings. The summed E-state index contributed by atoms with van der Waals surface area (Å²) in [4.78, 5) is 12.4. The first kappa shape index (κ1) is 19.0. The maximum Gasteiger partial charge on any atom is 0.244 e. The van der Waals surface area contributed by atoms with Crippen LogP contribution < -0.4 is 5.32 Å². The molecule has 0 unspecified atom stereocenters. The highest BCUT2D eigenvalue weighted by atomic mass is 35.5. The van der Waals surface area contributed by atoms with Gasteiger partial charge in [-0.25, -0.2) is 0 Å².